The fourth-order valence-electron chi connectivity index (χ4n) is 12.2. The maximum Gasteiger partial charge on any atom is 0.415 e. The van der Waals surface area contributed by atoms with E-state index in [2.05, 4.69) is 53.3 Å². The average Bonchev–Trinajstić information content (AvgIpc) is 1.56. The van der Waals surface area contributed by atoms with Crippen LogP contribution in [0.15, 0.2) is 200 Å². The van der Waals surface area contributed by atoms with E-state index < -0.39 is 11.7 Å². The molecule has 0 aliphatic carbocycles. The molecule has 12 nitrogen and oxygen atoms in total. The van der Waals surface area contributed by atoms with Crippen molar-refractivity contribution in [2.45, 2.75) is 6.18 Å². The summed E-state index contributed by atoms with van der Waals surface area (Å²) < 4.78 is 47.1. The van der Waals surface area contributed by atoms with Crippen molar-refractivity contribution in [1.29, 1.82) is 21.0 Å². The second-order valence-electron chi connectivity index (χ2n) is 21.3. The maximum atomic E-state index is 14.4. The molecule has 0 spiro atoms. The van der Waals surface area contributed by atoms with Gasteiger partial charge in [-0.15, -0.1) is 0 Å². The Bertz CT molecular complexity index is 5640. The molecule has 0 radical (unpaired) electrons. The van der Waals surface area contributed by atoms with Crippen LogP contribution >= 0.6 is 0 Å². The SMILES string of the molecule is [C-]#[N+]c1ccc(-c2ccc3c(c2)c2cc(-c4ccc([N+]#[C-])cc4[N+]#[C-])ccc2n3-c2ccc(-c3ccc(C(F)(F)F)cc3[N+]#[C-])cc2-c2cc([N+]#[C-])ccc2-n2c3ccc(-c4ccc(C#N)cc4C#N)cc3c3cc(-c4ccc(C#N)cc4[N+]#[C-])ccc32)c(C#N)c1. The van der Waals surface area contributed by atoms with Gasteiger partial charge in [-0.25, -0.2) is 29.1 Å². The van der Waals surface area contributed by atoms with Gasteiger partial charge in [0.05, 0.1) is 108 Å². The first-order chi connectivity index (χ1) is 44.7. The van der Waals surface area contributed by atoms with E-state index in [0.717, 1.165) is 12.1 Å². The molecule has 0 aliphatic rings. The highest BCUT2D eigenvalue weighted by Gasteiger charge is 2.32. The summed E-state index contributed by atoms with van der Waals surface area (Å²) in [6, 6.07) is 64.9. The molecule has 0 bridgehead atoms. The predicted octanol–water partition coefficient (Wildman–Crippen LogP) is 21.7. The second kappa shape index (κ2) is 22.5. The molecule has 11 aromatic carbocycles. The van der Waals surface area contributed by atoms with Crippen molar-refractivity contribution in [2.75, 3.05) is 0 Å². The number of aromatic nitrogens is 2. The highest BCUT2D eigenvalue weighted by atomic mass is 19.4. The molecule has 0 unspecified atom stereocenters. The number of alkyl halides is 3. The van der Waals surface area contributed by atoms with Gasteiger partial charge in [-0.1, -0.05) is 91.0 Å². The molecule has 0 atom stereocenters. The minimum absolute atomic E-state index is 0.204. The van der Waals surface area contributed by atoms with Crippen LogP contribution < -0.4 is 0 Å². The summed E-state index contributed by atoms with van der Waals surface area (Å²) in [6.07, 6.45) is -4.75. The molecule has 13 aromatic rings. The van der Waals surface area contributed by atoms with E-state index >= 15 is 0 Å². The molecule has 15 heteroatoms. The molecule has 0 saturated carbocycles. The lowest BCUT2D eigenvalue weighted by molar-refractivity contribution is -0.137. The molecule has 0 fully saturated rings. The third-order valence-electron chi connectivity index (χ3n) is 16.4. The quantitative estimate of drug-likeness (QED) is 0.140. The average molecular weight is 1180 g/mol. The fourth-order valence-corrected chi connectivity index (χ4v) is 12.2. The van der Waals surface area contributed by atoms with Gasteiger partial charge in [0.2, 0.25) is 0 Å². The van der Waals surface area contributed by atoms with Crippen LogP contribution in [-0.4, -0.2) is 9.13 Å². The monoisotopic (exact) mass is 1180 g/mol. The van der Waals surface area contributed by atoms with Crippen molar-refractivity contribution in [3.63, 3.8) is 0 Å². The van der Waals surface area contributed by atoms with Gasteiger partial charge in [0.15, 0.2) is 34.1 Å². The number of fused-ring (bicyclic) bond motifs is 6. The minimum atomic E-state index is -4.75. The van der Waals surface area contributed by atoms with Crippen LogP contribution in [0, 0.1) is 84.8 Å². The van der Waals surface area contributed by atoms with Crippen LogP contribution in [0.3, 0.4) is 0 Å². The standard InChI is InChI=1S/C77H33F3N12/c1-85-54-15-21-58(52(31-54)43-84)47-10-24-71-63(33-47)65-35-50(61-22-16-56(87-3)39-70(61)90-6)13-26-73(65)91(71)75-27-12-49(60-20-14-53(77(78,79)80)37-69(60)89-5)36-66(75)67-38-55(86-2)17-28-76(67)92-72-23-9-46(57-18-7-44(40-81)29-51(57)42-83)32-62(72)64-34-48(11-25-74(64)92)59-19-8-45(41-82)30-68(59)88-4/h7-39H. The van der Waals surface area contributed by atoms with Crippen LogP contribution in [-0.2, 0) is 6.18 Å². The van der Waals surface area contributed by atoms with Gasteiger partial charge < -0.3 is 9.13 Å². The van der Waals surface area contributed by atoms with Crippen molar-refractivity contribution in [3.05, 3.63) is 297 Å². The van der Waals surface area contributed by atoms with Crippen LogP contribution in [0.25, 0.3) is 151 Å². The number of nitriles is 4. The number of hydrogen-bond acceptors (Lipinski definition) is 4. The normalized spacial score (nSPS) is 10.9. The third-order valence-corrected chi connectivity index (χ3v) is 16.4. The summed E-state index contributed by atoms with van der Waals surface area (Å²) in [5.74, 6) is 0. The summed E-state index contributed by atoms with van der Waals surface area (Å²) in [4.78, 5) is 22.2. The van der Waals surface area contributed by atoms with Gasteiger partial charge >= 0.3 is 6.18 Å². The van der Waals surface area contributed by atoms with Crippen LogP contribution in [0.5, 0.6) is 0 Å². The molecule has 13 rings (SSSR count). The third kappa shape index (κ3) is 9.52. The molecular weight excluding hydrogens is 1150 g/mol. The number of rotatable bonds is 8. The second-order valence-corrected chi connectivity index (χ2v) is 21.3. The Kier molecular flexibility index (Phi) is 13.9. The Morgan fingerprint density at radius 1 is 0.304 bits per heavy atom. The van der Waals surface area contributed by atoms with Crippen molar-refractivity contribution >= 4 is 77.7 Å². The van der Waals surface area contributed by atoms with E-state index in [4.69, 9.17) is 39.4 Å². The van der Waals surface area contributed by atoms with Crippen molar-refractivity contribution in [1.82, 2.24) is 9.13 Å². The minimum Gasteiger partial charge on any atom is -0.309 e. The molecule has 422 valence electrons. The lowest BCUT2D eigenvalue weighted by Crippen LogP contribution is -2.04. The molecule has 0 amide bonds. The smallest absolute Gasteiger partial charge is 0.309 e. The van der Waals surface area contributed by atoms with Gasteiger partial charge in [-0.05, 0) is 170 Å². The van der Waals surface area contributed by atoms with Crippen molar-refractivity contribution in [2.24, 2.45) is 0 Å². The molecule has 92 heavy (non-hydrogen) atoms. The first-order valence-corrected chi connectivity index (χ1v) is 27.9. The molecular formula is C77H33F3N12. The van der Waals surface area contributed by atoms with E-state index in [0.29, 0.717) is 133 Å². The number of benzene rings is 11. The van der Waals surface area contributed by atoms with E-state index in [1.165, 1.54) is 30.3 Å². The molecule has 0 saturated heterocycles. The lowest BCUT2D eigenvalue weighted by Gasteiger charge is -2.21. The van der Waals surface area contributed by atoms with E-state index in [9.17, 15) is 34.2 Å². The Morgan fingerprint density at radius 3 is 1.14 bits per heavy atom. The van der Waals surface area contributed by atoms with E-state index in [1.807, 2.05) is 94.1 Å². The van der Waals surface area contributed by atoms with Gasteiger partial charge in [-0.2, -0.15) is 34.2 Å². The number of hydrogen-bond donors (Lipinski definition) is 0. The van der Waals surface area contributed by atoms with Crippen LogP contribution in [0.4, 0.5) is 47.3 Å². The highest BCUT2D eigenvalue weighted by Crippen LogP contribution is 2.48. The zero-order chi connectivity index (χ0) is 64.1. The summed E-state index contributed by atoms with van der Waals surface area (Å²) >= 11 is 0. The summed E-state index contributed by atoms with van der Waals surface area (Å²) in [6.45, 7) is 48.2. The molecule has 2 aromatic heterocycles. The molecule has 0 aliphatic heterocycles. The number of halogens is 3. The Hall–Kier alpha value is -14.3. The highest BCUT2D eigenvalue weighted by molar-refractivity contribution is 6.15. The largest absolute Gasteiger partial charge is 0.415 e. The lowest BCUT2D eigenvalue weighted by atomic mass is 9.94. The van der Waals surface area contributed by atoms with Crippen molar-refractivity contribution in [3.8, 4) is 102 Å². The zero-order valence-electron chi connectivity index (χ0n) is 47.6. The molecule has 2 heterocycles. The van der Waals surface area contributed by atoms with E-state index in [-0.39, 0.29) is 45.1 Å². The first-order valence-electron chi connectivity index (χ1n) is 27.9. The molecule has 0 N–H and O–H groups in total. The van der Waals surface area contributed by atoms with E-state index in [1.54, 1.807) is 72.8 Å². The Balaban J connectivity index is 1.14. The summed E-state index contributed by atoms with van der Waals surface area (Å²) in [5, 5.41) is 43.2. The first kappa shape index (κ1) is 56.8. The predicted molar refractivity (Wildman–Crippen MR) is 349 cm³/mol. The van der Waals surface area contributed by atoms with Gasteiger partial charge in [0.25, 0.3) is 0 Å². The van der Waals surface area contributed by atoms with Gasteiger partial charge in [0, 0.05) is 43.8 Å². The topological polar surface area (TPSA) is 131 Å². The maximum absolute atomic E-state index is 14.4. The Morgan fingerprint density at radius 2 is 0.663 bits per heavy atom. The summed E-state index contributed by atoms with van der Waals surface area (Å²) in [5.41, 5.74) is 11.3. The summed E-state index contributed by atoms with van der Waals surface area (Å²) in [7, 11) is 0. The Labute approximate surface area is 523 Å². The zero-order valence-corrected chi connectivity index (χ0v) is 47.6. The number of nitrogens with zero attached hydrogens (tertiary/aromatic N) is 12. The van der Waals surface area contributed by atoms with Gasteiger partial charge in [-0.3, -0.25) is 0 Å². The fraction of sp³-hybridized carbons (Fsp3) is 0.0130. The van der Waals surface area contributed by atoms with Gasteiger partial charge in [0.1, 0.15) is 0 Å². The van der Waals surface area contributed by atoms with Crippen molar-refractivity contribution < 1.29 is 13.2 Å². The van der Waals surface area contributed by atoms with Crippen LogP contribution in [0.2, 0.25) is 0 Å². The van der Waals surface area contributed by atoms with Crippen LogP contribution in [0.1, 0.15) is 27.8 Å².